The van der Waals surface area contributed by atoms with Gasteiger partial charge in [0.05, 0.1) is 0 Å². The molecule has 0 radical (unpaired) electrons. The van der Waals surface area contributed by atoms with Crippen LogP contribution in [-0.2, 0) is 0 Å². The Kier molecular flexibility index (Phi) is 5.68. The second-order valence-corrected chi connectivity index (χ2v) is 7.54. The molecule has 3 unspecified atom stereocenters. The molecule has 2 heteroatoms. The fourth-order valence-electron chi connectivity index (χ4n) is 3.42. The van der Waals surface area contributed by atoms with Crippen molar-refractivity contribution >= 4 is 11.8 Å². The van der Waals surface area contributed by atoms with Gasteiger partial charge >= 0.3 is 0 Å². The normalized spacial score (nSPS) is 36.0. The van der Waals surface area contributed by atoms with Gasteiger partial charge in [0.25, 0.3) is 0 Å². The van der Waals surface area contributed by atoms with Gasteiger partial charge in [-0.1, -0.05) is 33.1 Å². The van der Waals surface area contributed by atoms with Crippen molar-refractivity contribution < 1.29 is 0 Å². The first-order chi connectivity index (χ1) is 8.28. The van der Waals surface area contributed by atoms with Crippen molar-refractivity contribution in [3.63, 3.8) is 0 Å². The zero-order valence-electron chi connectivity index (χ0n) is 11.7. The van der Waals surface area contributed by atoms with Crippen molar-refractivity contribution in [2.24, 2.45) is 11.8 Å². The van der Waals surface area contributed by atoms with Crippen LogP contribution in [0.2, 0.25) is 0 Å². The van der Waals surface area contributed by atoms with Crippen LogP contribution in [0.4, 0.5) is 0 Å². The molecule has 1 saturated heterocycles. The van der Waals surface area contributed by atoms with E-state index in [1.165, 1.54) is 63.9 Å². The van der Waals surface area contributed by atoms with Crippen LogP contribution in [0.3, 0.4) is 0 Å². The highest BCUT2D eigenvalue weighted by molar-refractivity contribution is 8.00. The first-order valence-corrected chi connectivity index (χ1v) is 8.66. The van der Waals surface area contributed by atoms with Crippen molar-refractivity contribution in [1.82, 2.24) is 4.90 Å². The molecule has 1 aliphatic heterocycles. The fourth-order valence-corrected chi connectivity index (χ4v) is 4.67. The molecule has 3 atom stereocenters. The van der Waals surface area contributed by atoms with Gasteiger partial charge in [-0.05, 0) is 37.6 Å². The highest BCUT2D eigenvalue weighted by atomic mass is 32.2. The van der Waals surface area contributed by atoms with Crippen molar-refractivity contribution in [1.29, 1.82) is 0 Å². The molecule has 100 valence electrons. The van der Waals surface area contributed by atoms with Gasteiger partial charge in [-0.15, -0.1) is 0 Å². The average molecular weight is 255 g/mol. The zero-order chi connectivity index (χ0) is 12.1. The van der Waals surface area contributed by atoms with Crippen molar-refractivity contribution in [3.8, 4) is 0 Å². The lowest BCUT2D eigenvalue weighted by molar-refractivity contribution is 0.214. The molecular formula is C15H29NS. The summed E-state index contributed by atoms with van der Waals surface area (Å²) in [5.74, 6) is 3.39. The van der Waals surface area contributed by atoms with Gasteiger partial charge in [-0.3, -0.25) is 0 Å². The summed E-state index contributed by atoms with van der Waals surface area (Å²) in [6.07, 6.45) is 8.78. The van der Waals surface area contributed by atoms with Crippen molar-refractivity contribution in [2.75, 3.05) is 25.4 Å². The van der Waals surface area contributed by atoms with Gasteiger partial charge in [0.2, 0.25) is 0 Å². The molecule has 0 N–H and O–H groups in total. The predicted molar refractivity (Wildman–Crippen MR) is 78.7 cm³/mol. The first-order valence-electron chi connectivity index (χ1n) is 7.62. The van der Waals surface area contributed by atoms with Crippen LogP contribution in [-0.4, -0.2) is 35.5 Å². The molecule has 2 fully saturated rings. The highest BCUT2D eigenvalue weighted by Crippen LogP contribution is 2.31. The molecule has 1 saturated carbocycles. The van der Waals surface area contributed by atoms with Crippen LogP contribution in [0.1, 0.15) is 52.4 Å². The molecule has 17 heavy (non-hydrogen) atoms. The lowest BCUT2D eigenvalue weighted by Crippen LogP contribution is -2.38. The standard InChI is InChI=1S/C15H29NS/c1-3-15-12-16(9-10-17-15)8-7-14-6-4-5-13(2)11-14/h13-15H,3-12H2,1-2H3. The van der Waals surface area contributed by atoms with E-state index in [1.54, 1.807) is 0 Å². The summed E-state index contributed by atoms with van der Waals surface area (Å²) in [6.45, 7) is 8.84. The number of thioether (sulfide) groups is 1. The zero-order valence-corrected chi connectivity index (χ0v) is 12.5. The molecule has 0 aromatic heterocycles. The second kappa shape index (κ2) is 7.04. The van der Waals surface area contributed by atoms with E-state index >= 15 is 0 Å². The van der Waals surface area contributed by atoms with E-state index < -0.39 is 0 Å². The summed E-state index contributed by atoms with van der Waals surface area (Å²) in [5, 5.41) is 0.911. The molecule has 1 nitrogen and oxygen atoms in total. The molecule has 0 aromatic rings. The van der Waals surface area contributed by atoms with E-state index in [0.29, 0.717) is 0 Å². The molecular weight excluding hydrogens is 226 g/mol. The summed E-state index contributed by atoms with van der Waals surface area (Å²) in [4.78, 5) is 2.73. The molecule has 0 bridgehead atoms. The lowest BCUT2D eigenvalue weighted by Gasteiger charge is -2.34. The Labute approximate surface area is 112 Å². The number of rotatable bonds is 4. The summed E-state index contributed by atoms with van der Waals surface area (Å²) < 4.78 is 0. The molecule has 1 aliphatic carbocycles. The van der Waals surface area contributed by atoms with Crippen LogP contribution < -0.4 is 0 Å². The summed E-state index contributed by atoms with van der Waals surface area (Å²) >= 11 is 2.19. The monoisotopic (exact) mass is 255 g/mol. The average Bonchev–Trinajstić information content (AvgIpc) is 2.37. The highest BCUT2D eigenvalue weighted by Gasteiger charge is 2.22. The topological polar surface area (TPSA) is 3.24 Å². The number of hydrogen-bond donors (Lipinski definition) is 0. The Balaban J connectivity index is 1.66. The van der Waals surface area contributed by atoms with E-state index in [1.807, 2.05) is 0 Å². The van der Waals surface area contributed by atoms with Gasteiger partial charge in [0, 0.05) is 24.1 Å². The third kappa shape index (κ3) is 4.48. The summed E-state index contributed by atoms with van der Waals surface area (Å²) in [7, 11) is 0. The smallest absolute Gasteiger partial charge is 0.0172 e. The Hall–Kier alpha value is 0.310. The first kappa shape index (κ1) is 13.7. The van der Waals surface area contributed by atoms with Crippen LogP contribution in [0.5, 0.6) is 0 Å². The molecule has 1 heterocycles. The van der Waals surface area contributed by atoms with E-state index in [-0.39, 0.29) is 0 Å². The maximum absolute atomic E-state index is 2.73. The van der Waals surface area contributed by atoms with E-state index in [0.717, 1.165) is 17.1 Å². The summed E-state index contributed by atoms with van der Waals surface area (Å²) in [6, 6.07) is 0. The summed E-state index contributed by atoms with van der Waals surface area (Å²) in [5.41, 5.74) is 0. The van der Waals surface area contributed by atoms with Crippen molar-refractivity contribution in [3.05, 3.63) is 0 Å². The lowest BCUT2D eigenvalue weighted by atomic mass is 9.81. The minimum atomic E-state index is 0.911. The number of nitrogens with zero attached hydrogens (tertiary/aromatic N) is 1. The van der Waals surface area contributed by atoms with Gasteiger partial charge < -0.3 is 4.90 Å². The third-order valence-corrected chi connectivity index (χ3v) is 5.95. The van der Waals surface area contributed by atoms with Gasteiger partial charge in [0.1, 0.15) is 0 Å². The molecule has 0 amide bonds. The third-order valence-electron chi connectivity index (χ3n) is 4.58. The Bertz CT molecular complexity index is 219. The Morgan fingerprint density at radius 2 is 2.18 bits per heavy atom. The van der Waals surface area contributed by atoms with E-state index in [4.69, 9.17) is 0 Å². The van der Waals surface area contributed by atoms with Crippen LogP contribution in [0, 0.1) is 11.8 Å². The van der Waals surface area contributed by atoms with Crippen LogP contribution in [0.15, 0.2) is 0 Å². The van der Waals surface area contributed by atoms with E-state index in [9.17, 15) is 0 Å². The number of hydrogen-bond acceptors (Lipinski definition) is 2. The van der Waals surface area contributed by atoms with Crippen LogP contribution in [0.25, 0.3) is 0 Å². The molecule has 0 aromatic carbocycles. The Morgan fingerprint density at radius 1 is 1.29 bits per heavy atom. The Morgan fingerprint density at radius 3 is 2.94 bits per heavy atom. The van der Waals surface area contributed by atoms with Gasteiger partial charge in [-0.25, -0.2) is 0 Å². The SMILES string of the molecule is CCC1CN(CCC2CCCC(C)C2)CCS1. The fraction of sp³-hybridized carbons (Fsp3) is 1.00. The predicted octanol–water partition coefficient (Wildman–Crippen LogP) is 4.03. The van der Waals surface area contributed by atoms with Crippen molar-refractivity contribution in [2.45, 2.75) is 57.6 Å². The molecule has 0 spiro atoms. The van der Waals surface area contributed by atoms with Gasteiger partial charge in [0.15, 0.2) is 0 Å². The maximum Gasteiger partial charge on any atom is 0.0172 e. The second-order valence-electron chi connectivity index (χ2n) is 6.13. The minimum absolute atomic E-state index is 0.911. The molecule has 2 aliphatic rings. The van der Waals surface area contributed by atoms with E-state index in [2.05, 4.69) is 30.5 Å². The quantitative estimate of drug-likeness (QED) is 0.746. The van der Waals surface area contributed by atoms with Crippen LogP contribution >= 0.6 is 11.8 Å². The largest absolute Gasteiger partial charge is 0.301 e. The minimum Gasteiger partial charge on any atom is -0.301 e. The van der Waals surface area contributed by atoms with Gasteiger partial charge in [-0.2, -0.15) is 11.8 Å². The maximum atomic E-state index is 2.73. The molecule has 2 rings (SSSR count).